The number of fused-ring (bicyclic) bond motifs is 2. The SMILES string of the molecule is Cc1cc(C)c2nc3c(c(C(F)(F)C(F)(F)C(F)(F)F)c2c1)c(=O)n(C)c(=O)n3C. The highest BCUT2D eigenvalue weighted by atomic mass is 19.4. The average molecular weight is 437 g/mol. The second-order valence-corrected chi connectivity index (χ2v) is 7.02. The number of rotatable bonds is 2. The molecule has 162 valence electrons. The van der Waals surface area contributed by atoms with E-state index in [1.807, 2.05) is 0 Å². The maximum absolute atomic E-state index is 15.0. The molecule has 0 saturated carbocycles. The van der Waals surface area contributed by atoms with E-state index in [4.69, 9.17) is 0 Å². The molecule has 1 aromatic carbocycles. The summed E-state index contributed by atoms with van der Waals surface area (Å²) in [6.07, 6.45) is -6.61. The predicted octanol–water partition coefficient (Wildman–Crippen LogP) is 3.69. The summed E-state index contributed by atoms with van der Waals surface area (Å²) in [5.41, 5.74) is -4.90. The molecule has 3 aromatic rings. The highest BCUT2D eigenvalue weighted by Crippen LogP contribution is 2.54. The van der Waals surface area contributed by atoms with Gasteiger partial charge >= 0.3 is 23.7 Å². The monoisotopic (exact) mass is 437 g/mol. The molecule has 2 aromatic heterocycles. The summed E-state index contributed by atoms with van der Waals surface area (Å²) in [6, 6.07) is 2.40. The molecule has 0 bridgehead atoms. The lowest BCUT2D eigenvalue weighted by molar-refractivity contribution is -0.358. The number of benzene rings is 1. The van der Waals surface area contributed by atoms with Crippen LogP contribution in [0.15, 0.2) is 21.7 Å². The molecule has 3 rings (SSSR count). The van der Waals surface area contributed by atoms with Crippen LogP contribution in [0, 0.1) is 13.8 Å². The molecule has 2 heterocycles. The Morgan fingerprint density at radius 3 is 2.00 bits per heavy atom. The van der Waals surface area contributed by atoms with Gasteiger partial charge in [-0.05, 0) is 25.5 Å². The Balaban J connectivity index is 2.75. The minimum atomic E-state index is -6.61. The first-order valence-corrected chi connectivity index (χ1v) is 8.37. The van der Waals surface area contributed by atoms with Crippen LogP contribution in [-0.2, 0) is 20.0 Å². The van der Waals surface area contributed by atoms with Gasteiger partial charge in [-0.25, -0.2) is 9.78 Å². The van der Waals surface area contributed by atoms with Crippen molar-refractivity contribution < 1.29 is 30.7 Å². The van der Waals surface area contributed by atoms with Crippen LogP contribution >= 0.6 is 0 Å². The Hall–Kier alpha value is -2.92. The average Bonchev–Trinajstić information content (AvgIpc) is 2.61. The highest BCUT2D eigenvalue weighted by molar-refractivity contribution is 5.98. The van der Waals surface area contributed by atoms with Crippen molar-refractivity contribution >= 4 is 21.9 Å². The molecule has 0 unspecified atom stereocenters. The van der Waals surface area contributed by atoms with Crippen LogP contribution in [0.3, 0.4) is 0 Å². The fraction of sp³-hybridized carbons (Fsp3) is 0.389. The Bertz CT molecular complexity index is 1320. The quantitative estimate of drug-likeness (QED) is 0.454. The van der Waals surface area contributed by atoms with E-state index in [0.717, 1.165) is 20.2 Å². The largest absolute Gasteiger partial charge is 0.460 e. The van der Waals surface area contributed by atoms with Gasteiger partial charge in [0.15, 0.2) is 5.65 Å². The molecule has 0 saturated heterocycles. The molecule has 0 aliphatic heterocycles. The van der Waals surface area contributed by atoms with Gasteiger partial charge in [0.2, 0.25) is 0 Å². The minimum Gasteiger partial charge on any atom is -0.280 e. The maximum atomic E-state index is 15.0. The fourth-order valence-electron chi connectivity index (χ4n) is 3.38. The number of alkyl halides is 7. The molecule has 0 aliphatic carbocycles. The van der Waals surface area contributed by atoms with Gasteiger partial charge in [0.05, 0.1) is 16.5 Å². The van der Waals surface area contributed by atoms with Crippen molar-refractivity contribution in [1.82, 2.24) is 14.1 Å². The number of aromatic nitrogens is 3. The fourth-order valence-corrected chi connectivity index (χ4v) is 3.38. The summed E-state index contributed by atoms with van der Waals surface area (Å²) < 4.78 is 97.6. The molecule has 0 aliphatic rings. The molecular formula is C18H14F7N3O2. The lowest BCUT2D eigenvalue weighted by Gasteiger charge is -2.30. The van der Waals surface area contributed by atoms with Gasteiger partial charge in [0, 0.05) is 19.5 Å². The normalized spacial score (nSPS) is 13.4. The zero-order chi connectivity index (χ0) is 23.0. The molecule has 5 nitrogen and oxygen atoms in total. The molecule has 0 atom stereocenters. The van der Waals surface area contributed by atoms with Crippen molar-refractivity contribution in [2.45, 2.75) is 31.9 Å². The molecule has 0 N–H and O–H groups in total. The van der Waals surface area contributed by atoms with Gasteiger partial charge in [-0.3, -0.25) is 13.9 Å². The molecule has 30 heavy (non-hydrogen) atoms. The van der Waals surface area contributed by atoms with Gasteiger partial charge in [0.1, 0.15) is 0 Å². The molecule has 0 spiro atoms. The van der Waals surface area contributed by atoms with Gasteiger partial charge in [-0.2, -0.15) is 30.7 Å². The van der Waals surface area contributed by atoms with Crippen LogP contribution in [0.1, 0.15) is 16.7 Å². The van der Waals surface area contributed by atoms with Crippen LogP contribution < -0.4 is 11.2 Å². The van der Waals surface area contributed by atoms with E-state index < -0.39 is 51.3 Å². The van der Waals surface area contributed by atoms with Gasteiger partial charge in [-0.1, -0.05) is 11.6 Å². The number of hydrogen-bond acceptors (Lipinski definition) is 3. The third-order valence-corrected chi connectivity index (χ3v) is 4.88. The molecule has 0 amide bonds. The van der Waals surface area contributed by atoms with Crippen LogP contribution in [0.5, 0.6) is 0 Å². The summed E-state index contributed by atoms with van der Waals surface area (Å²) in [7, 11) is 1.93. The van der Waals surface area contributed by atoms with Crippen LogP contribution in [0.2, 0.25) is 0 Å². The number of pyridine rings is 1. The number of halogens is 7. The van der Waals surface area contributed by atoms with Gasteiger partial charge in [-0.15, -0.1) is 0 Å². The lowest BCUT2D eigenvalue weighted by Crippen LogP contribution is -2.51. The third-order valence-electron chi connectivity index (χ3n) is 4.88. The van der Waals surface area contributed by atoms with Gasteiger partial charge < -0.3 is 0 Å². The Morgan fingerprint density at radius 2 is 1.47 bits per heavy atom. The standard InChI is InChI=1S/C18H14F7N3O2/c1-7-5-8(2)12-9(6-7)11(16(19,20)17(21,22)18(23,24)25)10-13(26-12)27(3)15(30)28(4)14(10)29/h5-6H,1-4H3. The van der Waals surface area contributed by atoms with Crippen molar-refractivity contribution in [3.05, 3.63) is 49.7 Å². The molecule has 12 heteroatoms. The number of aryl methyl sites for hydroxylation is 3. The Morgan fingerprint density at radius 1 is 0.900 bits per heavy atom. The molecule has 0 fully saturated rings. The zero-order valence-corrected chi connectivity index (χ0v) is 16.0. The summed E-state index contributed by atoms with van der Waals surface area (Å²) >= 11 is 0. The van der Waals surface area contributed by atoms with Crippen LogP contribution in [-0.4, -0.2) is 26.2 Å². The summed E-state index contributed by atoms with van der Waals surface area (Å²) in [6.45, 7) is 2.80. The van der Waals surface area contributed by atoms with Crippen LogP contribution in [0.25, 0.3) is 21.9 Å². The first-order valence-electron chi connectivity index (χ1n) is 8.37. The summed E-state index contributed by atoms with van der Waals surface area (Å²) in [5.74, 6) is -12.3. The van der Waals surface area contributed by atoms with E-state index in [1.165, 1.54) is 19.9 Å². The zero-order valence-electron chi connectivity index (χ0n) is 16.0. The maximum Gasteiger partial charge on any atom is 0.460 e. The van der Waals surface area contributed by atoms with Crippen molar-refractivity contribution in [3.8, 4) is 0 Å². The van der Waals surface area contributed by atoms with E-state index in [0.29, 0.717) is 9.13 Å². The van der Waals surface area contributed by atoms with Crippen molar-refractivity contribution in [1.29, 1.82) is 0 Å². The minimum absolute atomic E-state index is 0.187. The van der Waals surface area contributed by atoms with Crippen molar-refractivity contribution in [2.75, 3.05) is 0 Å². The summed E-state index contributed by atoms with van der Waals surface area (Å²) in [5, 5.41) is -1.92. The Labute approximate surface area is 163 Å². The van der Waals surface area contributed by atoms with E-state index in [1.54, 1.807) is 0 Å². The smallest absolute Gasteiger partial charge is 0.280 e. The first-order chi connectivity index (χ1) is 13.5. The van der Waals surface area contributed by atoms with E-state index in [-0.39, 0.29) is 16.6 Å². The van der Waals surface area contributed by atoms with E-state index in [2.05, 4.69) is 4.98 Å². The second kappa shape index (κ2) is 6.29. The highest BCUT2D eigenvalue weighted by Gasteiger charge is 2.74. The first kappa shape index (κ1) is 21.8. The Kier molecular flexibility index (Phi) is 4.56. The number of nitrogens with zero attached hydrogens (tertiary/aromatic N) is 3. The second-order valence-electron chi connectivity index (χ2n) is 7.02. The van der Waals surface area contributed by atoms with Crippen LogP contribution in [0.4, 0.5) is 30.7 Å². The third kappa shape index (κ3) is 2.72. The number of hydrogen-bond donors (Lipinski definition) is 0. The van der Waals surface area contributed by atoms with E-state index >= 15 is 0 Å². The van der Waals surface area contributed by atoms with Crippen molar-refractivity contribution in [3.63, 3.8) is 0 Å². The molecule has 0 radical (unpaired) electrons. The lowest BCUT2D eigenvalue weighted by atomic mass is 9.92. The topological polar surface area (TPSA) is 56.9 Å². The van der Waals surface area contributed by atoms with Crippen molar-refractivity contribution in [2.24, 2.45) is 14.1 Å². The summed E-state index contributed by atoms with van der Waals surface area (Å²) in [4.78, 5) is 28.8. The van der Waals surface area contributed by atoms with Gasteiger partial charge in [0.25, 0.3) is 5.56 Å². The predicted molar refractivity (Wildman–Crippen MR) is 94.1 cm³/mol. The molecular weight excluding hydrogens is 423 g/mol. The van der Waals surface area contributed by atoms with E-state index in [9.17, 15) is 40.3 Å².